The number of halogens is 3. The molecule has 0 bridgehead atoms. The van der Waals surface area contributed by atoms with Crippen molar-refractivity contribution < 1.29 is 24.4 Å². The molecule has 7 heteroatoms. The zero-order valence-corrected chi connectivity index (χ0v) is 15.2. The van der Waals surface area contributed by atoms with E-state index in [1.807, 2.05) is 12.1 Å². The Morgan fingerprint density at radius 1 is 1.00 bits per heavy atom. The van der Waals surface area contributed by atoms with Crippen LogP contribution in [0.5, 0.6) is 0 Å². The summed E-state index contributed by atoms with van der Waals surface area (Å²) in [7, 11) is 0. The minimum atomic E-state index is -1.85. The third-order valence-electron chi connectivity index (χ3n) is 4.55. The van der Waals surface area contributed by atoms with Crippen molar-refractivity contribution in [2.75, 3.05) is 6.61 Å². The number of aliphatic hydroxyl groups excluding tert-OH is 3. The highest BCUT2D eigenvalue weighted by Gasteiger charge is 2.45. The van der Waals surface area contributed by atoms with E-state index < -0.39 is 37.2 Å². The summed E-state index contributed by atoms with van der Waals surface area (Å²) in [6.07, 6.45) is -6.57. The van der Waals surface area contributed by atoms with Gasteiger partial charge in [0, 0.05) is 10.0 Å². The van der Waals surface area contributed by atoms with Crippen molar-refractivity contribution in [2.45, 2.75) is 37.0 Å². The molecule has 0 amide bonds. The van der Waals surface area contributed by atoms with E-state index in [9.17, 15) is 19.7 Å². The highest BCUT2D eigenvalue weighted by atomic mass is 35.5. The van der Waals surface area contributed by atoms with Crippen molar-refractivity contribution in [1.29, 1.82) is 0 Å². The minimum absolute atomic E-state index is 0.532. The van der Waals surface area contributed by atoms with Gasteiger partial charge in [0.05, 0.1) is 6.61 Å². The summed E-state index contributed by atoms with van der Waals surface area (Å²) >= 11 is 12.2. The van der Waals surface area contributed by atoms with Crippen LogP contribution in [-0.2, 0) is 11.2 Å². The lowest BCUT2D eigenvalue weighted by Gasteiger charge is -2.39. The first-order valence-corrected chi connectivity index (χ1v) is 8.95. The Balaban J connectivity index is 1.87. The maximum atomic E-state index is 13.9. The van der Waals surface area contributed by atoms with Gasteiger partial charge in [0.25, 0.3) is 0 Å². The molecule has 3 N–H and O–H groups in total. The molecule has 5 unspecified atom stereocenters. The average Bonchev–Trinajstić information content (AvgIpc) is 2.64. The third kappa shape index (κ3) is 4.03. The quantitative estimate of drug-likeness (QED) is 0.737. The van der Waals surface area contributed by atoms with E-state index in [2.05, 4.69) is 0 Å². The highest BCUT2D eigenvalue weighted by molar-refractivity contribution is 6.31. The van der Waals surface area contributed by atoms with Gasteiger partial charge in [0.15, 0.2) is 6.17 Å². The second-order valence-electron chi connectivity index (χ2n) is 6.36. The molecule has 0 spiro atoms. The van der Waals surface area contributed by atoms with Crippen molar-refractivity contribution in [3.63, 3.8) is 0 Å². The Bertz CT molecular complexity index is 754. The topological polar surface area (TPSA) is 69.9 Å². The number of benzene rings is 2. The molecule has 1 aliphatic rings. The van der Waals surface area contributed by atoms with Gasteiger partial charge in [0.1, 0.15) is 24.4 Å². The van der Waals surface area contributed by atoms with Crippen LogP contribution < -0.4 is 0 Å². The molecule has 26 heavy (non-hydrogen) atoms. The van der Waals surface area contributed by atoms with Crippen molar-refractivity contribution in [1.82, 2.24) is 0 Å². The first kappa shape index (κ1) is 19.5. The molecule has 1 saturated heterocycles. The molecule has 0 aromatic heterocycles. The molecule has 4 nitrogen and oxygen atoms in total. The summed E-state index contributed by atoms with van der Waals surface area (Å²) in [6, 6.07) is 12.4. The SMILES string of the molecule is OCC1OC(c2ccc(Cl)c(Cc3ccc(Cl)cc3)c2)C(O)C(O)C1F. The molecule has 2 aromatic carbocycles. The van der Waals surface area contributed by atoms with Gasteiger partial charge in [-0.15, -0.1) is 0 Å². The fraction of sp³-hybridized carbons (Fsp3) is 0.368. The van der Waals surface area contributed by atoms with E-state index in [0.29, 0.717) is 22.0 Å². The monoisotopic (exact) mass is 400 g/mol. The van der Waals surface area contributed by atoms with Crippen LogP contribution in [-0.4, -0.2) is 46.4 Å². The lowest BCUT2D eigenvalue weighted by atomic mass is 9.90. The second kappa shape index (κ2) is 8.21. The van der Waals surface area contributed by atoms with Crippen LogP contribution in [0.3, 0.4) is 0 Å². The van der Waals surface area contributed by atoms with Gasteiger partial charge in [0.2, 0.25) is 0 Å². The first-order chi connectivity index (χ1) is 12.4. The average molecular weight is 401 g/mol. The molecular weight excluding hydrogens is 382 g/mol. The van der Waals surface area contributed by atoms with Crippen LogP contribution in [0.1, 0.15) is 22.8 Å². The zero-order valence-electron chi connectivity index (χ0n) is 13.7. The van der Waals surface area contributed by atoms with Crippen LogP contribution in [0.2, 0.25) is 10.0 Å². The maximum Gasteiger partial charge on any atom is 0.157 e. The molecule has 5 atom stereocenters. The summed E-state index contributed by atoms with van der Waals surface area (Å²) in [6.45, 7) is -0.591. The summed E-state index contributed by atoms with van der Waals surface area (Å²) in [4.78, 5) is 0. The third-order valence-corrected chi connectivity index (χ3v) is 5.17. The molecule has 1 fully saturated rings. The Labute approximate surface area is 160 Å². The summed E-state index contributed by atoms with van der Waals surface area (Å²) in [5.41, 5.74) is 2.34. The van der Waals surface area contributed by atoms with E-state index >= 15 is 0 Å². The predicted molar refractivity (Wildman–Crippen MR) is 97.3 cm³/mol. The fourth-order valence-electron chi connectivity index (χ4n) is 3.08. The minimum Gasteiger partial charge on any atom is -0.394 e. The van der Waals surface area contributed by atoms with Gasteiger partial charge in [-0.25, -0.2) is 4.39 Å². The Kier molecular flexibility index (Phi) is 6.17. The molecule has 0 saturated carbocycles. The van der Waals surface area contributed by atoms with E-state index in [4.69, 9.17) is 27.9 Å². The summed E-state index contributed by atoms with van der Waals surface area (Å²) in [5, 5.41) is 30.6. The highest BCUT2D eigenvalue weighted by Crippen LogP contribution is 2.35. The first-order valence-electron chi connectivity index (χ1n) is 8.20. The van der Waals surface area contributed by atoms with Crippen molar-refractivity contribution in [3.8, 4) is 0 Å². The van der Waals surface area contributed by atoms with E-state index in [1.54, 1.807) is 30.3 Å². The van der Waals surface area contributed by atoms with Gasteiger partial charge < -0.3 is 20.1 Å². The summed E-state index contributed by atoms with van der Waals surface area (Å²) < 4.78 is 19.4. The molecule has 2 aromatic rings. The predicted octanol–water partition coefficient (Wildman–Crippen LogP) is 3.08. The van der Waals surface area contributed by atoms with Crippen molar-refractivity contribution in [3.05, 3.63) is 69.2 Å². The molecular formula is C19H19Cl2FO4. The van der Waals surface area contributed by atoms with Gasteiger partial charge >= 0.3 is 0 Å². The van der Waals surface area contributed by atoms with Gasteiger partial charge in [-0.3, -0.25) is 0 Å². The molecule has 3 rings (SSSR count). The lowest BCUT2D eigenvalue weighted by molar-refractivity contribution is -0.214. The van der Waals surface area contributed by atoms with E-state index in [-0.39, 0.29) is 0 Å². The van der Waals surface area contributed by atoms with Crippen molar-refractivity contribution in [2.24, 2.45) is 0 Å². The number of rotatable bonds is 4. The fourth-order valence-corrected chi connectivity index (χ4v) is 3.39. The second-order valence-corrected chi connectivity index (χ2v) is 7.20. The zero-order chi connectivity index (χ0) is 18.8. The number of ether oxygens (including phenoxy) is 1. The normalized spacial score (nSPS) is 28.9. The molecule has 1 aliphatic heterocycles. The van der Waals surface area contributed by atoms with Crippen LogP contribution in [0.4, 0.5) is 4.39 Å². The Hall–Kier alpha value is -1.21. The molecule has 0 aliphatic carbocycles. The maximum absolute atomic E-state index is 13.9. The molecule has 1 heterocycles. The number of alkyl halides is 1. The van der Waals surface area contributed by atoms with Crippen LogP contribution in [0, 0.1) is 0 Å². The van der Waals surface area contributed by atoms with Crippen LogP contribution in [0.15, 0.2) is 42.5 Å². The Morgan fingerprint density at radius 2 is 1.69 bits per heavy atom. The lowest BCUT2D eigenvalue weighted by Crippen LogP contribution is -2.53. The van der Waals surface area contributed by atoms with Gasteiger partial charge in [-0.2, -0.15) is 0 Å². The van der Waals surface area contributed by atoms with E-state index in [0.717, 1.165) is 11.1 Å². The number of hydrogen-bond acceptors (Lipinski definition) is 4. The van der Waals surface area contributed by atoms with Crippen molar-refractivity contribution >= 4 is 23.2 Å². The van der Waals surface area contributed by atoms with Crippen LogP contribution in [0.25, 0.3) is 0 Å². The summed E-state index contributed by atoms with van der Waals surface area (Å²) in [5.74, 6) is 0. The number of hydrogen-bond donors (Lipinski definition) is 3. The molecule has 0 radical (unpaired) electrons. The largest absolute Gasteiger partial charge is 0.394 e. The standard InChI is InChI=1S/C19H19Cl2FO4/c20-13-4-1-10(2-5-13)7-12-8-11(3-6-14(12)21)19-18(25)17(24)16(22)15(9-23)26-19/h1-6,8,15-19,23-25H,7,9H2. The van der Waals surface area contributed by atoms with Gasteiger partial charge in [-0.1, -0.05) is 47.5 Å². The van der Waals surface area contributed by atoms with Crippen LogP contribution >= 0.6 is 23.2 Å². The Morgan fingerprint density at radius 3 is 2.35 bits per heavy atom. The number of aliphatic hydroxyl groups is 3. The van der Waals surface area contributed by atoms with E-state index in [1.165, 1.54) is 0 Å². The van der Waals surface area contributed by atoms with Gasteiger partial charge in [-0.05, 0) is 41.3 Å². The smallest absolute Gasteiger partial charge is 0.157 e. The molecule has 140 valence electrons.